The zero-order valence-electron chi connectivity index (χ0n) is 12.0. The summed E-state index contributed by atoms with van der Waals surface area (Å²) in [6.45, 7) is 3.36. The Labute approximate surface area is 122 Å². The van der Waals surface area contributed by atoms with Crippen molar-refractivity contribution in [2.75, 3.05) is 0 Å². The summed E-state index contributed by atoms with van der Waals surface area (Å²) in [4.78, 5) is 22.5. The summed E-state index contributed by atoms with van der Waals surface area (Å²) in [7, 11) is 0. The number of amides is 1. The van der Waals surface area contributed by atoms with E-state index in [1.807, 2.05) is 0 Å². The molecule has 2 unspecified atom stereocenters. The highest BCUT2D eigenvalue weighted by atomic mass is 19.2. The molecule has 2 N–H and O–H groups in total. The van der Waals surface area contributed by atoms with Crippen molar-refractivity contribution in [2.45, 2.75) is 39.2 Å². The topological polar surface area (TPSA) is 66.4 Å². The Kier molecular flexibility index (Phi) is 6.27. The second-order valence-electron chi connectivity index (χ2n) is 5.15. The predicted octanol–water partition coefficient (Wildman–Crippen LogP) is 2.97. The summed E-state index contributed by atoms with van der Waals surface area (Å²) in [5.74, 6) is -4.19. The molecule has 1 amide bonds. The van der Waals surface area contributed by atoms with E-state index in [0.29, 0.717) is 19.3 Å². The smallest absolute Gasteiger partial charge is 0.306 e. The normalized spacial score (nSPS) is 13.5. The lowest BCUT2D eigenvalue weighted by Gasteiger charge is -2.15. The van der Waals surface area contributed by atoms with Crippen LogP contribution in [0.1, 0.15) is 43.5 Å². The molecule has 0 saturated carbocycles. The Balaban J connectivity index is 2.47. The van der Waals surface area contributed by atoms with Gasteiger partial charge in [-0.3, -0.25) is 9.59 Å². The largest absolute Gasteiger partial charge is 0.481 e. The van der Waals surface area contributed by atoms with Crippen LogP contribution in [0.3, 0.4) is 0 Å². The number of carbonyl (C=O) groups excluding carboxylic acids is 1. The number of carboxylic acid groups (broad SMARTS) is 1. The predicted molar refractivity (Wildman–Crippen MR) is 73.9 cm³/mol. The molecule has 2 atom stereocenters. The molecule has 1 aromatic carbocycles. The fourth-order valence-electron chi connectivity index (χ4n) is 1.91. The molecule has 1 aromatic rings. The Morgan fingerprint density at radius 3 is 2.52 bits per heavy atom. The third-order valence-corrected chi connectivity index (χ3v) is 3.27. The van der Waals surface area contributed by atoms with Gasteiger partial charge in [-0.1, -0.05) is 19.4 Å². The molecular weight excluding hydrogens is 280 g/mol. The molecule has 0 heterocycles. The highest BCUT2D eigenvalue weighted by Gasteiger charge is 2.17. The maximum absolute atomic E-state index is 13.4. The first kappa shape index (κ1) is 17.1. The van der Waals surface area contributed by atoms with Crippen LogP contribution in [0.15, 0.2) is 18.2 Å². The number of nitrogens with one attached hydrogen (secondary N) is 1. The summed E-state index contributed by atoms with van der Waals surface area (Å²) in [5.41, 5.74) is -0.333. The molecule has 0 spiro atoms. The SMILES string of the molecule is CC(CCCC(C)C(=O)O)NC(=O)c1cccc(F)c1F. The molecule has 0 aliphatic carbocycles. The minimum absolute atomic E-state index is 0.249. The van der Waals surface area contributed by atoms with Crippen LogP contribution in [0, 0.1) is 17.6 Å². The van der Waals surface area contributed by atoms with Gasteiger partial charge in [0.25, 0.3) is 5.91 Å². The van der Waals surface area contributed by atoms with E-state index in [4.69, 9.17) is 5.11 Å². The van der Waals surface area contributed by atoms with Gasteiger partial charge in [0, 0.05) is 6.04 Å². The van der Waals surface area contributed by atoms with Crippen LogP contribution in [0.2, 0.25) is 0 Å². The van der Waals surface area contributed by atoms with Crippen LogP contribution >= 0.6 is 0 Å². The van der Waals surface area contributed by atoms with Gasteiger partial charge in [0.1, 0.15) is 0 Å². The number of aliphatic carboxylic acids is 1. The standard InChI is InChI=1S/C15H19F2NO3/c1-9(15(20)21)5-3-6-10(2)18-14(19)11-7-4-8-12(16)13(11)17/h4,7-10H,3,5-6H2,1-2H3,(H,18,19)(H,20,21). The Hall–Kier alpha value is -1.98. The van der Waals surface area contributed by atoms with E-state index in [1.54, 1.807) is 13.8 Å². The third-order valence-electron chi connectivity index (χ3n) is 3.27. The van der Waals surface area contributed by atoms with Crippen molar-refractivity contribution in [2.24, 2.45) is 5.92 Å². The van der Waals surface area contributed by atoms with Crippen LogP contribution in [-0.4, -0.2) is 23.0 Å². The average molecular weight is 299 g/mol. The highest BCUT2D eigenvalue weighted by molar-refractivity contribution is 5.94. The Morgan fingerprint density at radius 2 is 1.90 bits per heavy atom. The van der Waals surface area contributed by atoms with E-state index in [-0.39, 0.29) is 11.6 Å². The molecule has 0 radical (unpaired) electrons. The van der Waals surface area contributed by atoms with Crippen LogP contribution in [-0.2, 0) is 4.79 Å². The number of rotatable bonds is 7. The fourth-order valence-corrected chi connectivity index (χ4v) is 1.91. The Bertz CT molecular complexity index is 520. The van der Waals surface area contributed by atoms with Crippen LogP contribution in [0.4, 0.5) is 8.78 Å². The van der Waals surface area contributed by atoms with Crippen LogP contribution in [0.25, 0.3) is 0 Å². The zero-order chi connectivity index (χ0) is 16.0. The first-order chi connectivity index (χ1) is 9.82. The molecule has 116 valence electrons. The van der Waals surface area contributed by atoms with Gasteiger partial charge in [-0.2, -0.15) is 0 Å². The molecule has 1 rings (SSSR count). The van der Waals surface area contributed by atoms with E-state index in [1.165, 1.54) is 12.1 Å². The van der Waals surface area contributed by atoms with Crippen LogP contribution < -0.4 is 5.32 Å². The second-order valence-corrected chi connectivity index (χ2v) is 5.15. The van der Waals surface area contributed by atoms with Crippen molar-refractivity contribution in [3.63, 3.8) is 0 Å². The molecule has 0 fully saturated rings. The summed E-state index contributed by atoms with van der Waals surface area (Å²) < 4.78 is 26.5. The first-order valence-corrected chi connectivity index (χ1v) is 6.80. The lowest BCUT2D eigenvalue weighted by molar-refractivity contribution is -0.141. The van der Waals surface area contributed by atoms with Gasteiger partial charge < -0.3 is 10.4 Å². The summed E-state index contributed by atoms with van der Waals surface area (Å²) in [6.07, 6.45) is 1.70. The second kappa shape index (κ2) is 7.71. The van der Waals surface area contributed by atoms with E-state index in [0.717, 1.165) is 6.07 Å². The number of benzene rings is 1. The first-order valence-electron chi connectivity index (χ1n) is 6.80. The zero-order valence-corrected chi connectivity index (χ0v) is 12.0. The molecule has 0 aliphatic heterocycles. The van der Waals surface area contributed by atoms with Gasteiger partial charge >= 0.3 is 5.97 Å². The van der Waals surface area contributed by atoms with Crippen molar-refractivity contribution in [3.8, 4) is 0 Å². The number of hydrogen-bond donors (Lipinski definition) is 2. The number of hydrogen-bond acceptors (Lipinski definition) is 2. The highest BCUT2D eigenvalue weighted by Crippen LogP contribution is 2.13. The minimum Gasteiger partial charge on any atom is -0.481 e. The molecule has 0 aliphatic rings. The molecule has 6 heteroatoms. The quantitative estimate of drug-likeness (QED) is 0.813. The number of halogens is 2. The van der Waals surface area contributed by atoms with Crippen molar-refractivity contribution in [1.82, 2.24) is 5.32 Å². The fraction of sp³-hybridized carbons (Fsp3) is 0.467. The average Bonchev–Trinajstić information content (AvgIpc) is 2.41. The molecule has 0 bridgehead atoms. The van der Waals surface area contributed by atoms with Gasteiger partial charge in [0.05, 0.1) is 11.5 Å². The lowest BCUT2D eigenvalue weighted by Crippen LogP contribution is -2.33. The Morgan fingerprint density at radius 1 is 1.24 bits per heavy atom. The van der Waals surface area contributed by atoms with Gasteiger partial charge in [-0.25, -0.2) is 8.78 Å². The molecule has 0 aromatic heterocycles. The summed E-state index contributed by atoms with van der Waals surface area (Å²) in [5, 5.41) is 11.3. The molecular formula is C15H19F2NO3. The number of carbonyl (C=O) groups is 2. The van der Waals surface area contributed by atoms with E-state index in [2.05, 4.69) is 5.32 Å². The van der Waals surface area contributed by atoms with E-state index < -0.39 is 29.4 Å². The number of carboxylic acids is 1. The van der Waals surface area contributed by atoms with Crippen molar-refractivity contribution in [1.29, 1.82) is 0 Å². The van der Waals surface area contributed by atoms with Gasteiger partial charge in [0.15, 0.2) is 11.6 Å². The maximum atomic E-state index is 13.4. The van der Waals surface area contributed by atoms with Gasteiger partial charge in [0.2, 0.25) is 0 Å². The van der Waals surface area contributed by atoms with Gasteiger partial charge in [-0.05, 0) is 31.9 Å². The molecule has 0 saturated heterocycles. The molecule has 21 heavy (non-hydrogen) atoms. The van der Waals surface area contributed by atoms with Crippen LogP contribution in [0.5, 0.6) is 0 Å². The lowest BCUT2D eigenvalue weighted by atomic mass is 10.0. The van der Waals surface area contributed by atoms with Crippen molar-refractivity contribution >= 4 is 11.9 Å². The summed E-state index contributed by atoms with van der Waals surface area (Å²) in [6, 6.07) is 3.18. The minimum atomic E-state index is -1.17. The molecule has 4 nitrogen and oxygen atoms in total. The monoisotopic (exact) mass is 299 g/mol. The van der Waals surface area contributed by atoms with E-state index in [9.17, 15) is 18.4 Å². The van der Waals surface area contributed by atoms with Crippen molar-refractivity contribution in [3.05, 3.63) is 35.4 Å². The van der Waals surface area contributed by atoms with Gasteiger partial charge in [-0.15, -0.1) is 0 Å². The maximum Gasteiger partial charge on any atom is 0.306 e. The summed E-state index contributed by atoms with van der Waals surface area (Å²) >= 11 is 0. The third kappa shape index (κ3) is 5.13. The van der Waals surface area contributed by atoms with E-state index >= 15 is 0 Å². The van der Waals surface area contributed by atoms with Crippen molar-refractivity contribution < 1.29 is 23.5 Å².